The Bertz CT molecular complexity index is 1700. The number of H-pyrrole nitrogens is 1. The van der Waals surface area contributed by atoms with Gasteiger partial charge in [-0.3, -0.25) is 48.1 Å². The lowest BCUT2D eigenvalue weighted by atomic mass is 10.1. The number of nitrogens with zero attached hydrogens (tertiary/aromatic N) is 2. The van der Waals surface area contributed by atoms with Gasteiger partial charge in [0.1, 0.15) is 30.2 Å². The van der Waals surface area contributed by atoms with Crippen molar-refractivity contribution in [1.29, 1.82) is 0 Å². The fourth-order valence-electron chi connectivity index (χ4n) is 5.15. The Morgan fingerprint density at radius 3 is 1.92 bits per heavy atom. The number of guanidine groups is 1. The molecule has 0 radical (unpaired) electrons. The lowest BCUT2D eigenvalue weighted by Gasteiger charge is -2.25. The van der Waals surface area contributed by atoms with Crippen LogP contribution in [0.5, 0.6) is 0 Å². The molecule has 0 spiro atoms. The number of nitrogens with one attached hydrogen (secondary N) is 8. The van der Waals surface area contributed by atoms with Gasteiger partial charge in [0.05, 0.1) is 31.9 Å². The molecule has 27 heteroatoms. The molecule has 1 rings (SSSR count). The molecular weight excluding hydrogens is 812 g/mol. The molecule has 61 heavy (non-hydrogen) atoms. The number of aliphatic imine (C=N–C) groups is 1. The van der Waals surface area contributed by atoms with Gasteiger partial charge in [0.25, 0.3) is 0 Å². The molecule has 340 valence electrons. The Hall–Kier alpha value is -6.90. The summed E-state index contributed by atoms with van der Waals surface area (Å²) in [5.74, 6) is -10.8. The number of carbonyl (C=O) groups excluding carboxylic acids is 7. The zero-order valence-corrected chi connectivity index (χ0v) is 33.4. The lowest BCUT2D eigenvalue weighted by Crippen LogP contribution is -2.59. The molecule has 0 aliphatic rings. The first-order valence-electron chi connectivity index (χ1n) is 18.9. The molecule has 0 aliphatic heterocycles. The zero-order chi connectivity index (χ0) is 46.1. The van der Waals surface area contributed by atoms with Crippen LogP contribution in [0.15, 0.2) is 17.5 Å². The summed E-state index contributed by atoms with van der Waals surface area (Å²) in [6.45, 7) is 0.173. The van der Waals surface area contributed by atoms with E-state index in [1.165, 1.54) is 19.4 Å². The van der Waals surface area contributed by atoms with Gasteiger partial charge in [-0.05, 0) is 52.0 Å². The van der Waals surface area contributed by atoms with Crippen LogP contribution >= 0.6 is 0 Å². The van der Waals surface area contributed by atoms with Gasteiger partial charge >= 0.3 is 17.9 Å². The summed E-state index contributed by atoms with van der Waals surface area (Å²) < 4.78 is 0. The molecule has 1 aromatic heterocycles. The molecule has 7 amide bonds. The summed E-state index contributed by atoms with van der Waals surface area (Å²) in [4.78, 5) is 135. The van der Waals surface area contributed by atoms with Gasteiger partial charge in [-0.15, -0.1) is 0 Å². The summed E-state index contributed by atoms with van der Waals surface area (Å²) in [5.41, 5.74) is 22.1. The molecule has 6 unspecified atom stereocenters. The van der Waals surface area contributed by atoms with Crippen molar-refractivity contribution in [3.05, 3.63) is 18.2 Å². The minimum atomic E-state index is -1.80. The minimum absolute atomic E-state index is 0.0340. The van der Waals surface area contributed by atoms with E-state index in [2.05, 4.69) is 52.2 Å². The standard InChI is InChI=1S/C34H56N14O13/c1-17(44-31(58)20(5-2-3-9-35)46-29(56)19(36)7-8-26(51)52)28(55)47-22(11-18-13-39-16-43-18)32(59)48-23(12-27(53)54)30(57)42-14-24(49)41-15-25(50)45-21(33(60)61)6-4-10-40-34(37)38/h13,16-17,19-23H,2-12,14-15,35-36H2,1H3,(H,39,43)(H,41,49)(H,42,57)(H,44,58)(H,45,50)(H,46,56)(H,47,55)(H,48,59)(H,51,52)(H,53,54)(H,60,61)(H4,37,38,40). The van der Waals surface area contributed by atoms with Crippen molar-refractivity contribution in [2.24, 2.45) is 27.9 Å². The van der Waals surface area contributed by atoms with Gasteiger partial charge < -0.3 is 80.5 Å². The molecule has 0 saturated heterocycles. The van der Waals surface area contributed by atoms with Crippen molar-refractivity contribution in [1.82, 2.24) is 47.2 Å². The van der Waals surface area contributed by atoms with Crippen LogP contribution in [0.4, 0.5) is 0 Å². The van der Waals surface area contributed by atoms with Crippen LogP contribution in [-0.4, -0.2) is 153 Å². The molecular formula is C34H56N14O13. The number of unbranched alkanes of at least 4 members (excludes halogenated alkanes) is 1. The summed E-state index contributed by atoms with van der Waals surface area (Å²) in [5, 5.41) is 43.8. The molecule has 0 aliphatic carbocycles. The van der Waals surface area contributed by atoms with E-state index in [0.29, 0.717) is 18.5 Å². The number of hydrogen-bond donors (Lipinski definition) is 15. The average Bonchev–Trinajstić information content (AvgIpc) is 3.71. The number of carboxylic acid groups (broad SMARTS) is 3. The number of carboxylic acids is 3. The second kappa shape index (κ2) is 27.7. The summed E-state index contributed by atoms with van der Waals surface area (Å²) >= 11 is 0. The molecule has 1 heterocycles. The molecule has 19 N–H and O–H groups in total. The first-order chi connectivity index (χ1) is 28.7. The fourth-order valence-corrected chi connectivity index (χ4v) is 5.15. The Morgan fingerprint density at radius 2 is 1.33 bits per heavy atom. The maximum atomic E-state index is 13.5. The molecule has 27 nitrogen and oxygen atoms in total. The van der Waals surface area contributed by atoms with E-state index in [9.17, 15) is 58.2 Å². The number of aliphatic carboxylic acids is 3. The van der Waals surface area contributed by atoms with Crippen LogP contribution in [-0.2, 0) is 54.4 Å². The number of rotatable bonds is 30. The minimum Gasteiger partial charge on any atom is -0.481 e. The third-order valence-electron chi connectivity index (χ3n) is 8.41. The molecule has 1 aromatic rings. The summed E-state index contributed by atoms with van der Waals surface area (Å²) in [6, 6.07) is -8.42. The van der Waals surface area contributed by atoms with Crippen LogP contribution in [0, 0.1) is 0 Å². The predicted molar refractivity (Wildman–Crippen MR) is 211 cm³/mol. The highest BCUT2D eigenvalue weighted by atomic mass is 16.4. The van der Waals surface area contributed by atoms with Gasteiger partial charge in [0.2, 0.25) is 41.4 Å². The van der Waals surface area contributed by atoms with E-state index in [4.69, 9.17) is 28.0 Å². The predicted octanol–water partition coefficient (Wildman–Crippen LogP) is -6.44. The van der Waals surface area contributed by atoms with Crippen LogP contribution in [0.25, 0.3) is 0 Å². The van der Waals surface area contributed by atoms with E-state index in [1.807, 2.05) is 0 Å². The van der Waals surface area contributed by atoms with Crippen LogP contribution in [0.3, 0.4) is 0 Å². The van der Waals surface area contributed by atoms with E-state index in [-0.39, 0.29) is 51.2 Å². The van der Waals surface area contributed by atoms with Crippen molar-refractivity contribution >= 4 is 65.2 Å². The van der Waals surface area contributed by atoms with Crippen LogP contribution in [0.1, 0.15) is 64.0 Å². The van der Waals surface area contributed by atoms with Gasteiger partial charge in [-0.25, -0.2) is 9.78 Å². The van der Waals surface area contributed by atoms with Gasteiger partial charge in [-0.2, -0.15) is 0 Å². The fraction of sp³-hybridized carbons (Fsp3) is 0.588. The summed E-state index contributed by atoms with van der Waals surface area (Å²) in [7, 11) is 0. The van der Waals surface area contributed by atoms with E-state index >= 15 is 0 Å². The molecule has 0 saturated carbocycles. The second-order valence-corrected chi connectivity index (χ2v) is 13.5. The average molecular weight is 869 g/mol. The van der Waals surface area contributed by atoms with Crippen molar-refractivity contribution in [3.63, 3.8) is 0 Å². The van der Waals surface area contributed by atoms with Crippen LogP contribution < -0.4 is 60.2 Å². The van der Waals surface area contributed by atoms with E-state index in [1.54, 1.807) is 0 Å². The summed E-state index contributed by atoms with van der Waals surface area (Å²) in [6.07, 6.45) is 1.89. The number of hydrogen-bond acceptors (Lipinski definition) is 14. The van der Waals surface area contributed by atoms with Crippen molar-refractivity contribution in [2.75, 3.05) is 26.2 Å². The highest BCUT2D eigenvalue weighted by Gasteiger charge is 2.32. The Labute approximate surface area is 348 Å². The van der Waals surface area contributed by atoms with Crippen LogP contribution in [0.2, 0.25) is 0 Å². The quantitative estimate of drug-likeness (QED) is 0.0194. The molecule has 0 bridgehead atoms. The lowest BCUT2D eigenvalue weighted by molar-refractivity contribution is -0.142. The number of nitrogens with two attached hydrogens (primary N) is 4. The monoisotopic (exact) mass is 868 g/mol. The SMILES string of the molecule is CC(NC(=O)C(CCCCN)NC(=O)C(N)CCC(=O)O)C(=O)NC(Cc1cnc[nH]1)C(=O)NC(CC(=O)O)C(=O)NCC(=O)NCC(=O)NC(CCCN=C(N)N)C(=O)O. The normalized spacial score (nSPS) is 13.6. The number of aromatic amines is 1. The smallest absolute Gasteiger partial charge is 0.326 e. The second-order valence-electron chi connectivity index (χ2n) is 13.5. The first-order valence-corrected chi connectivity index (χ1v) is 18.9. The maximum absolute atomic E-state index is 13.5. The van der Waals surface area contributed by atoms with Crippen molar-refractivity contribution in [3.8, 4) is 0 Å². The van der Waals surface area contributed by atoms with E-state index < -0.39 is 121 Å². The largest absolute Gasteiger partial charge is 0.481 e. The van der Waals surface area contributed by atoms with Crippen molar-refractivity contribution < 1.29 is 63.3 Å². The zero-order valence-electron chi connectivity index (χ0n) is 33.4. The Kier molecular flexibility index (Phi) is 23.7. The number of amides is 7. The number of aromatic nitrogens is 2. The first kappa shape index (κ1) is 52.1. The highest BCUT2D eigenvalue weighted by Crippen LogP contribution is 2.06. The number of carbonyl (C=O) groups is 10. The Balaban J connectivity index is 2.97. The number of imidazole rings is 1. The third kappa shape index (κ3) is 22.2. The van der Waals surface area contributed by atoms with Gasteiger partial charge in [0, 0.05) is 31.3 Å². The van der Waals surface area contributed by atoms with Crippen molar-refractivity contribution in [2.45, 2.75) is 101 Å². The molecule has 0 aromatic carbocycles. The maximum Gasteiger partial charge on any atom is 0.326 e. The van der Waals surface area contributed by atoms with Gasteiger partial charge in [-0.1, -0.05) is 0 Å². The Morgan fingerprint density at radius 1 is 0.705 bits per heavy atom. The molecule has 0 fully saturated rings. The van der Waals surface area contributed by atoms with Gasteiger partial charge in [0.15, 0.2) is 5.96 Å². The third-order valence-corrected chi connectivity index (χ3v) is 8.41. The topological polar surface area (TPSA) is 461 Å². The highest BCUT2D eigenvalue weighted by molar-refractivity contribution is 5.97. The molecule has 6 atom stereocenters. The van der Waals surface area contributed by atoms with E-state index in [0.717, 1.165) is 0 Å².